The summed E-state index contributed by atoms with van der Waals surface area (Å²) in [6, 6.07) is 25.1. The third-order valence-electron chi connectivity index (χ3n) is 5.96. The Morgan fingerprint density at radius 1 is 0.842 bits per heavy atom. The van der Waals surface area contributed by atoms with Crippen molar-refractivity contribution in [3.8, 4) is 27.9 Å². The number of carbonyl (C=O) groups excluding carboxylic acids is 1. The van der Waals surface area contributed by atoms with Crippen LogP contribution in [0.15, 0.2) is 108 Å². The average Bonchev–Trinajstić information content (AvgIpc) is 3.35. The molecule has 0 unspecified atom stereocenters. The van der Waals surface area contributed by atoms with Gasteiger partial charge in [-0.25, -0.2) is 19.4 Å². The van der Waals surface area contributed by atoms with Crippen molar-refractivity contribution in [1.29, 1.82) is 0 Å². The molecule has 38 heavy (non-hydrogen) atoms. The first-order valence-electron chi connectivity index (χ1n) is 11.4. The first kappa shape index (κ1) is 24.6. The van der Waals surface area contributed by atoms with Crippen molar-refractivity contribution in [2.45, 2.75) is 6.18 Å². The van der Waals surface area contributed by atoms with Gasteiger partial charge < -0.3 is 5.73 Å². The zero-order valence-electron chi connectivity index (χ0n) is 19.7. The van der Waals surface area contributed by atoms with Crippen molar-refractivity contribution in [1.82, 2.24) is 14.8 Å². The Balaban J connectivity index is 1.72. The number of para-hydroxylation sites is 2. The largest absolute Gasteiger partial charge is 0.416 e. The molecule has 4 aromatic carbocycles. The fourth-order valence-corrected chi connectivity index (χ4v) is 4.28. The van der Waals surface area contributed by atoms with Gasteiger partial charge in [0, 0.05) is 0 Å². The molecule has 5 aromatic rings. The maximum atomic E-state index is 13.5. The van der Waals surface area contributed by atoms with Crippen LogP contribution in [0.5, 0.6) is 0 Å². The monoisotopic (exact) mass is 515 g/mol. The lowest BCUT2D eigenvalue weighted by Crippen LogP contribution is -2.32. The normalized spacial score (nSPS) is 11.3. The number of rotatable bonds is 5. The average molecular weight is 515 g/mol. The molecular weight excluding hydrogens is 495 g/mol. The third-order valence-corrected chi connectivity index (χ3v) is 5.96. The summed E-state index contributed by atoms with van der Waals surface area (Å²) in [4.78, 5) is 29.3. The van der Waals surface area contributed by atoms with E-state index in [0.29, 0.717) is 33.8 Å². The minimum Gasteiger partial charge on any atom is -0.351 e. The van der Waals surface area contributed by atoms with E-state index in [-0.39, 0.29) is 0 Å². The maximum Gasteiger partial charge on any atom is 0.416 e. The number of aromatic nitrogens is 3. The van der Waals surface area contributed by atoms with Crippen LogP contribution in [0.2, 0.25) is 0 Å². The van der Waals surface area contributed by atoms with Crippen LogP contribution in [0.4, 0.5) is 29.3 Å². The number of halogens is 3. The van der Waals surface area contributed by atoms with Crippen LogP contribution in [0.1, 0.15) is 5.56 Å². The molecule has 0 fully saturated rings. The van der Waals surface area contributed by atoms with Crippen LogP contribution in [-0.4, -0.2) is 20.8 Å². The quantitative estimate of drug-likeness (QED) is 0.295. The van der Waals surface area contributed by atoms with Crippen molar-refractivity contribution in [2.75, 3.05) is 4.90 Å². The summed E-state index contributed by atoms with van der Waals surface area (Å²) in [5, 5.41) is 2.53. The number of primary amides is 1. The van der Waals surface area contributed by atoms with Gasteiger partial charge in [0.15, 0.2) is 0 Å². The Morgan fingerprint density at radius 2 is 1.55 bits per heavy atom. The molecule has 1 aromatic heterocycles. The van der Waals surface area contributed by atoms with Crippen LogP contribution in [0.25, 0.3) is 27.9 Å². The number of aromatic amines is 1. The number of hydrogen-bond acceptors (Lipinski definition) is 3. The zero-order valence-corrected chi connectivity index (χ0v) is 19.7. The van der Waals surface area contributed by atoms with E-state index in [9.17, 15) is 22.8 Å². The highest BCUT2D eigenvalue weighted by Gasteiger charge is 2.31. The molecule has 2 amide bonds. The van der Waals surface area contributed by atoms with Gasteiger partial charge in [0.25, 0.3) is 0 Å². The molecule has 3 N–H and O–H groups in total. The lowest BCUT2D eigenvalue weighted by molar-refractivity contribution is -0.137. The third kappa shape index (κ3) is 4.79. The number of nitrogens with two attached hydrogens (primary N) is 1. The zero-order chi connectivity index (χ0) is 26.9. The summed E-state index contributed by atoms with van der Waals surface area (Å²) in [6.45, 7) is 0. The van der Waals surface area contributed by atoms with Crippen LogP contribution >= 0.6 is 0 Å². The second kappa shape index (κ2) is 9.74. The number of hydrogen-bond donors (Lipinski definition) is 2. The number of anilines is 2. The van der Waals surface area contributed by atoms with Gasteiger partial charge in [-0.1, -0.05) is 60.7 Å². The molecule has 0 atom stereocenters. The van der Waals surface area contributed by atoms with Crippen LogP contribution in [0.3, 0.4) is 0 Å². The number of urea groups is 1. The van der Waals surface area contributed by atoms with Gasteiger partial charge in [-0.2, -0.15) is 18.2 Å². The standard InChI is InChI=1S/C28H20F3N5O2/c29-28(30,31)20-10-6-9-19(15-20)23-16-21(13-14-22(23)18-7-2-1-3-8-18)36(26(32)37)25-12-5-4-11-24(25)35-17-33-27(38)34-35/h1-17H,(H2,32,37)(H,34,38). The lowest BCUT2D eigenvalue weighted by Gasteiger charge is -2.25. The predicted molar refractivity (Wildman–Crippen MR) is 138 cm³/mol. The molecular formula is C28H20F3N5O2. The number of benzene rings is 4. The van der Waals surface area contributed by atoms with E-state index in [2.05, 4.69) is 10.1 Å². The molecule has 0 bridgehead atoms. The summed E-state index contributed by atoms with van der Waals surface area (Å²) < 4.78 is 42.0. The SMILES string of the molecule is NC(=O)N(c1ccc(-c2ccccc2)c(-c2cccc(C(F)(F)F)c2)c1)c1ccccc1-n1cnc(=O)[nH]1. The molecule has 0 aliphatic carbocycles. The van der Waals surface area contributed by atoms with E-state index in [1.165, 1.54) is 22.0 Å². The molecule has 0 spiro atoms. The number of amides is 2. The molecule has 0 radical (unpaired) electrons. The number of nitrogens with zero attached hydrogens (tertiary/aromatic N) is 3. The Kier molecular flexibility index (Phi) is 6.29. The smallest absolute Gasteiger partial charge is 0.351 e. The maximum absolute atomic E-state index is 13.5. The predicted octanol–water partition coefficient (Wildman–Crippen LogP) is 6.13. The molecule has 0 aliphatic heterocycles. The van der Waals surface area contributed by atoms with Gasteiger partial charge in [0.1, 0.15) is 6.33 Å². The van der Waals surface area contributed by atoms with E-state index in [1.807, 2.05) is 30.3 Å². The first-order chi connectivity index (χ1) is 18.2. The highest BCUT2D eigenvalue weighted by Crippen LogP contribution is 2.40. The van der Waals surface area contributed by atoms with Gasteiger partial charge in [0.05, 0.1) is 22.6 Å². The fourth-order valence-electron chi connectivity index (χ4n) is 4.28. The van der Waals surface area contributed by atoms with E-state index >= 15 is 0 Å². The topological polar surface area (TPSA) is 97.0 Å². The summed E-state index contributed by atoms with van der Waals surface area (Å²) in [5.41, 5.74) is 7.75. The number of H-pyrrole nitrogens is 1. The summed E-state index contributed by atoms with van der Waals surface area (Å²) >= 11 is 0. The Labute approximate surface area is 214 Å². The highest BCUT2D eigenvalue weighted by molar-refractivity contribution is 6.02. The Bertz CT molecular complexity index is 1680. The van der Waals surface area contributed by atoms with Gasteiger partial charge in [0.2, 0.25) is 0 Å². The van der Waals surface area contributed by atoms with Gasteiger partial charge in [-0.3, -0.25) is 4.90 Å². The van der Waals surface area contributed by atoms with Crippen LogP contribution < -0.4 is 16.3 Å². The van der Waals surface area contributed by atoms with E-state index in [0.717, 1.165) is 17.7 Å². The van der Waals surface area contributed by atoms with Crippen molar-refractivity contribution < 1.29 is 18.0 Å². The molecule has 190 valence electrons. The van der Waals surface area contributed by atoms with Crippen LogP contribution in [-0.2, 0) is 6.18 Å². The van der Waals surface area contributed by atoms with Crippen molar-refractivity contribution >= 4 is 17.4 Å². The minimum absolute atomic E-state index is 0.317. The fraction of sp³-hybridized carbons (Fsp3) is 0.0357. The molecule has 10 heteroatoms. The van der Waals surface area contributed by atoms with Gasteiger partial charge in [-0.05, 0) is 58.7 Å². The molecule has 0 aliphatic rings. The summed E-state index contributed by atoms with van der Waals surface area (Å²) in [5.74, 6) is 0. The van der Waals surface area contributed by atoms with Gasteiger partial charge in [-0.15, -0.1) is 0 Å². The van der Waals surface area contributed by atoms with E-state index < -0.39 is 23.5 Å². The lowest BCUT2D eigenvalue weighted by atomic mass is 9.93. The summed E-state index contributed by atoms with van der Waals surface area (Å²) in [7, 11) is 0. The Morgan fingerprint density at radius 3 is 2.24 bits per heavy atom. The van der Waals surface area contributed by atoms with E-state index in [4.69, 9.17) is 5.73 Å². The number of nitrogens with one attached hydrogen (secondary N) is 1. The molecule has 1 heterocycles. The van der Waals surface area contributed by atoms with Crippen LogP contribution in [0, 0.1) is 0 Å². The highest BCUT2D eigenvalue weighted by atomic mass is 19.4. The van der Waals surface area contributed by atoms with Crippen molar-refractivity contribution in [3.63, 3.8) is 0 Å². The molecule has 0 saturated heterocycles. The Hall–Kier alpha value is -5.12. The van der Waals surface area contributed by atoms with E-state index in [1.54, 1.807) is 48.5 Å². The van der Waals surface area contributed by atoms with Crippen molar-refractivity contribution in [3.05, 3.63) is 119 Å². The second-order valence-electron chi connectivity index (χ2n) is 8.37. The second-order valence-corrected chi connectivity index (χ2v) is 8.37. The van der Waals surface area contributed by atoms with Crippen molar-refractivity contribution in [2.24, 2.45) is 5.73 Å². The first-order valence-corrected chi connectivity index (χ1v) is 11.4. The molecule has 5 rings (SSSR count). The van der Waals surface area contributed by atoms with Gasteiger partial charge >= 0.3 is 17.9 Å². The molecule has 7 nitrogen and oxygen atoms in total. The minimum atomic E-state index is -4.53. The molecule has 0 saturated carbocycles. The summed E-state index contributed by atoms with van der Waals surface area (Å²) in [6.07, 6.45) is -3.26. The number of alkyl halides is 3. The number of carbonyl (C=O) groups is 1.